The Morgan fingerprint density at radius 1 is 1.18 bits per heavy atom. The van der Waals surface area contributed by atoms with E-state index in [1.165, 1.54) is 24.0 Å². The number of morpholine rings is 1. The van der Waals surface area contributed by atoms with E-state index in [0.717, 1.165) is 71.5 Å². The third kappa shape index (κ3) is 6.47. The fraction of sp³-hybridized carbons (Fsp3) is 0.682. The maximum atomic E-state index is 5.54. The molecule has 1 aromatic carbocycles. The van der Waals surface area contributed by atoms with Crippen LogP contribution in [-0.4, -0.2) is 64.0 Å². The number of hydrogen-bond acceptors (Lipinski definition) is 4. The zero-order chi connectivity index (χ0) is 19.7. The van der Waals surface area contributed by atoms with Gasteiger partial charge in [0, 0.05) is 53.0 Å². The van der Waals surface area contributed by atoms with E-state index in [0.29, 0.717) is 5.41 Å². The minimum atomic E-state index is 0.404. The molecule has 1 aliphatic heterocycles. The van der Waals surface area contributed by atoms with Crippen LogP contribution in [0.5, 0.6) is 0 Å². The molecule has 0 amide bonds. The molecule has 28 heavy (non-hydrogen) atoms. The van der Waals surface area contributed by atoms with Crippen LogP contribution in [-0.2, 0) is 22.6 Å². The van der Waals surface area contributed by atoms with Crippen LogP contribution in [0.1, 0.15) is 37.3 Å². The largest absolute Gasteiger partial charge is 0.382 e. The van der Waals surface area contributed by atoms with E-state index in [1.54, 1.807) is 0 Å². The number of guanidine groups is 1. The van der Waals surface area contributed by atoms with Gasteiger partial charge >= 0.3 is 0 Å². The smallest absolute Gasteiger partial charge is 0.191 e. The average molecular weight is 389 g/mol. The summed E-state index contributed by atoms with van der Waals surface area (Å²) >= 11 is 0. The number of aliphatic imine (C=N–C) groups is 1. The van der Waals surface area contributed by atoms with Crippen molar-refractivity contribution in [3.05, 3.63) is 35.4 Å². The Morgan fingerprint density at radius 3 is 2.61 bits per heavy atom. The Kier molecular flexibility index (Phi) is 8.13. The summed E-state index contributed by atoms with van der Waals surface area (Å²) in [6.07, 6.45) is 3.70. The van der Waals surface area contributed by atoms with Gasteiger partial charge in [0.05, 0.1) is 13.2 Å². The molecule has 1 saturated carbocycles. The van der Waals surface area contributed by atoms with Gasteiger partial charge in [-0.3, -0.25) is 9.89 Å². The summed E-state index contributed by atoms with van der Waals surface area (Å²) in [5.41, 5.74) is 3.11. The van der Waals surface area contributed by atoms with E-state index >= 15 is 0 Å². The van der Waals surface area contributed by atoms with Crippen LogP contribution in [0.2, 0.25) is 0 Å². The van der Waals surface area contributed by atoms with Crippen molar-refractivity contribution in [3.8, 4) is 0 Å². The third-order valence-electron chi connectivity index (χ3n) is 5.85. The van der Waals surface area contributed by atoms with E-state index in [9.17, 15) is 0 Å². The molecule has 156 valence electrons. The van der Waals surface area contributed by atoms with Gasteiger partial charge in [-0.1, -0.05) is 24.3 Å². The van der Waals surface area contributed by atoms with Crippen molar-refractivity contribution < 1.29 is 9.47 Å². The van der Waals surface area contributed by atoms with Gasteiger partial charge in [0.15, 0.2) is 5.96 Å². The monoisotopic (exact) mass is 388 g/mol. The summed E-state index contributed by atoms with van der Waals surface area (Å²) in [4.78, 5) is 6.87. The average Bonchev–Trinajstić information content (AvgIpc) is 3.50. The molecule has 0 bridgehead atoms. The van der Waals surface area contributed by atoms with Crippen LogP contribution < -0.4 is 10.6 Å². The fourth-order valence-electron chi connectivity index (χ4n) is 3.68. The molecule has 0 atom stereocenters. The highest BCUT2D eigenvalue weighted by molar-refractivity contribution is 5.79. The highest BCUT2D eigenvalue weighted by atomic mass is 16.5. The van der Waals surface area contributed by atoms with Gasteiger partial charge in [-0.05, 0) is 42.7 Å². The lowest BCUT2D eigenvalue weighted by Crippen LogP contribution is -2.40. The van der Waals surface area contributed by atoms with E-state index in [2.05, 4.69) is 51.7 Å². The van der Waals surface area contributed by atoms with Gasteiger partial charge in [0.1, 0.15) is 0 Å². The number of hydrogen-bond donors (Lipinski definition) is 2. The summed E-state index contributed by atoms with van der Waals surface area (Å²) in [7, 11) is 1.84. The van der Waals surface area contributed by atoms with Gasteiger partial charge < -0.3 is 20.1 Å². The highest BCUT2D eigenvalue weighted by Crippen LogP contribution is 2.48. The van der Waals surface area contributed by atoms with Gasteiger partial charge in [0.25, 0.3) is 0 Å². The predicted molar refractivity (Wildman–Crippen MR) is 114 cm³/mol. The summed E-state index contributed by atoms with van der Waals surface area (Å²) < 4.78 is 11.0. The number of nitrogens with zero attached hydrogens (tertiary/aromatic N) is 2. The second kappa shape index (κ2) is 10.8. The molecule has 1 heterocycles. The van der Waals surface area contributed by atoms with Crippen LogP contribution >= 0.6 is 0 Å². The van der Waals surface area contributed by atoms with E-state index in [1.807, 2.05) is 7.05 Å². The summed E-state index contributed by atoms with van der Waals surface area (Å²) in [5.74, 6) is 0.879. The first-order chi connectivity index (χ1) is 13.7. The number of ether oxygens (including phenoxy) is 2. The lowest BCUT2D eigenvalue weighted by atomic mass is 10.0. The molecule has 0 spiro atoms. The van der Waals surface area contributed by atoms with Crippen LogP contribution in [0.25, 0.3) is 0 Å². The third-order valence-corrected chi connectivity index (χ3v) is 5.85. The fourth-order valence-corrected chi connectivity index (χ4v) is 3.68. The highest BCUT2D eigenvalue weighted by Gasteiger charge is 2.41. The molecule has 3 rings (SSSR count). The molecule has 1 saturated heterocycles. The van der Waals surface area contributed by atoms with E-state index in [4.69, 9.17) is 9.47 Å². The van der Waals surface area contributed by atoms with Crippen molar-refractivity contribution in [3.63, 3.8) is 0 Å². The number of benzene rings is 1. The molecular weight excluding hydrogens is 352 g/mol. The van der Waals surface area contributed by atoms with Crippen LogP contribution in [0.3, 0.4) is 0 Å². The molecule has 2 fully saturated rings. The first kappa shape index (κ1) is 21.1. The second-order valence-corrected chi connectivity index (χ2v) is 7.88. The van der Waals surface area contributed by atoms with Crippen LogP contribution in [0.4, 0.5) is 0 Å². The summed E-state index contributed by atoms with van der Waals surface area (Å²) in [5, 5.41) is 7.02. The maximum Gasteiger partial charge on any atom is 0.191 e. The zero-order valence-corrected chi connectivity index (χ0v) is 17.5. The molecular formula is C22H36N4O2. The molecule has 2 aliphatic rings. The van der Waals surface area contributed by atoms with Gasteiger partial charge in [-0.15, -0.1) is 0 Å². The van der Waals surface area contributed by atoms with Crippen molar-refractivity contribution in [1.29, 1.82) is 0 Å². The second-order valence-electron chi connectivity index (χ2n) is 7.88. The lowest BCUT2D eigenvalue weighted by Gasteiger charge is -2.27. The first-order valence-corrected chi connectivity index (χ1v) is 10.6. The van der Waals surface area contributed by atoms with Gasteiger partial charge in [-0.2, -0.15) is 0 Å². The first-order valence-electron chi connectivity index (χ1n) is 10.6. The molecule has 2 N–H and O–H groups in total. The Balaban J connectivity index is 1.47. The molecule has 6 nitrogen and oxygen atoms in total. The Bertz CT molecular complexity index is 625. The zero-order valence-electron chi connectivity index (χ0n) is 17.5. The van der Waals surface area contributed by atoms with Crippen molar-refractivity contribution in [2.75, 3.05) is 53.1 Å². The molecule has 1 aliphatic carbocycles. The Hall–Kier alpha value is -1.63. The van der Waals surface area contributed by atoms with Gasteiger partial charge in [0.2, 0.25) is 0 Å². The van der Waals surface area contributed by atoms with Crippen LogP contribution in [0, 0.1) is 5.41 Å². The Labute approximate surface area is 169 Å². The summed E-state index contributed by atoms with van der Waals surface area (Å²) in [6.45, 7) is 10.1. The van der Waals surface area contributed by atoms with Crippen molar-refractivity contribution in [2.45, 2.75) is 39.3 Å². The number of nitrogens with one attached hydrogen (secondary N) is 2. The Morgan fingerprint density at radius 2 is 1.93 bits per heavy atom. The maximum absolute atomic E-state index is 5.54. The molecule has 6 heteroatoms. The lowest BCUT2D eigenvalue weighted by molar-refractivity contribution is 0.0341. The van der Waals surface area contributed by atoms with E-state index in [-0.39, 0.29) is 0 Å². The van der Waals surface area contributed by atoms with Crippen molar-refractivity contribution >= 4 is 5.96 Å². The SMILES string of the molecule is CCOCCC1(CNC(=NC)NCc2ccccc2CN2CCOCC2)CC1. The number of rotatable bonds is 10. The topological polar surface area (TPSA) is 58.1 Å². The molecule has 0 radical (unpaired) electrons. The molecule has 0 unspecified atom stereocenters. The standard InChI is InChI=1S/C22H36N4O2/c1-3-27-13-10-22(8-9-22)18-25-21(23-2)24-16-19-6-4-5-7-20(19)17-26-11-14-28-15-12-26/h4-7H,3,8-18H2,1-2H3,(H2,23,24,25). The molecule has 0 aromatic heterocycles. The van der Waals surface area contributed by atoms with Gasteiger partial charge in [-0.25, -0.2) is 0 Å². The van der Waals surface area contributed by atoms with Crippen LogP contribution in [0.15, 0.2) is 29.3 Å². The van der Waals surface area contributed by atoms with Crippen molar-refractivity contribution in [2.24, 2.45) is 10.4 Å². The summed E-state index contributed by atoms with van der Waals surface area (Å²) in [6, 6.07) is 8.68. The predicted octanol–water partition coefficient (Wildman–Crippen LogP) is 2.39. The van der Waals surface area contributed by atoms with Crippen molar-refractivity contribution in [1.82, 2.24) is 15.5 Å². The quantitative estimate of drug-likeness (QED) is 0.366. The molecule has 1 aromatic rings. The van der Waals surface area contributed by atoms with E-state index < -0.39 is 0 Å². The minimum Gasteiger partial charge on any atom is -0.382 e. The normalized spacial score (nSPS) is 19.4. The minimum absolute atomic E-state index is 0.404.